The number of rotatable bonds is 4. The fourth-order valence-electron chi connectivity index (χ4n) is 3.66. The number of aryl methyl sites for hydroxylation is 1. The summed E-state index contributed by atoms with van der Waals surface area (Å²) in [6.45, 7) is 2.60. The van der Waals surface area contributed by atoms with Gasteiger partial charge in [-0.25, -0.2) is 4.98 Å². The number of halogens is 1. The largest absolute Gasteiger partial charge is 0.355 e. The zero-order valence-electron chi connectivity index (χ0n) is 15.8. The van der Waals surface area contributed by atoms with Gasteiger partial charge in [-0.05, 0) is 36.8 Å². The topological polar surface area (TPSA) is 43.9 Å². The Kier molecular flexibility index (Phi) is 4.41. The predicted octanol–water partition coefficient (Wildman–Crippen LogP) is 6.37. The molecule has 142 valence electrons. The van der Waals surface area contributed by atoms with Crippen molar-refractivity contribution in [2.75, 3.05) is 0 Å². The molecule has 3 aromatic carbocycles. The molecule has 5 aromatic rings. The molecule has 0 bridgehead atoms. The van der Waals surface area contributed by atoms with Crippen molar-refractivity contribution in [2.24, 2.45) is 0 Å². The van der Waals surface area contributed by atoms with Crippen molar-refractivity contribution in [3.8, 4) is 22.7 Å². The van der Waals surface area contributed by atoms with Crippen LogP contribution in [0.1, 0.15) is 11.3 Å². The van der Waals surface area contributed by atoms with Gasteiger partial charge in [0.05, 0.1) is 22.3 Å². The van der Waals surface area contributed by atoms with Crippen LogP contribution in [0.3, 0.4) is 0 Å². The zero-order valence-corrected chi connectivity index (χ0v) is 16.6. The van der Waals surface area contributed by atoms with E-state index in [0.29, 0.717) is 6.54 Å². The summed E-state index contributed by atoms with van der Waals surface area (Å²) in [4.78, 5) is 4.95. The Morgan fingerprint density at radius 3 is 2.55 bits per heavy atom. The number of fused-ring (bicyclic) bond motifs is 1. The van der Waals surface area contributed by atoms with E-state index in [2.05, 4.69) is 21.9 Å². The number of benzene rings is 3. The molecule has 0 fully saturated rings. The first-order valence-electron chi connectivity index (χ1n) is 9.42. The molecule has 29 heavy (non-hydrogen) atoms. The molecule has 0 aliphatic carbocycles. The molecule has 0 saturated heterocycles. The third-order valence-electron chi connectivity index (χ3n) is 5.01. The van der Waals surface area contributed by atoms with E-state index in [1.807, 2.05) is 73.7 Å². The molecule has 0 amide bonds. The van der Waals surface area contributed by atoms with E-state index in [9.17, 15) is 0 Å². The monoisotopic (exact) mass is 399 g/mol. The summed E-state index contributed by atoms with van der Waals surface area (Å²) in [6, 6.07) is 26.1. The number of aromatic nitrogens is 3. The van der Waals surface area contributed by atoms with Crippen molar-refractivity contribution >= 4 is 22.6 Å². The van der Waals surface area contributed by atoms with Gasteiger partial charge in [0.2, 0.25) is 0 Å². The summed E-state index contributed by atoms with van der Waals surface area (Å²) < 4.78 is 7.93. The number of para-hydroxylation sites is 2. The van der Waals surface area contributed by atoms with Crippen LogP contribution in [-0.4, -0.2) is 14.7 Å². The average molecular weight is 400 g/mol. The highest BCUT2D eigenvalue weighted by atomic mass is 35.5. The highest BCUT2D eigenvalue weighted by molar-refractivity contribution is 6.30. The summed E-state index contributed by atoms with van der Waals surface area (Å²) in [5, 5.41) is 4.97. The number of imidazole rings is 1. The summed E-state index contributed by atoms with van der Waals surface area (Å²) >= 11 is 6.22. The van der Waals surface area contributed by atoms with Crippen LogP contribution in [0.4, 0.5) is 0 Å². The second kappa shape index (κ2) is 7.22. The maximum absolute atomic E-state index is 6.22. The Bertz CT molecular complexity index is 1300. The van der Waals surface area contributed by atoms with Gasteiger partial charge in [-0.2, -0.15) is 0 Å². The number of nitrogens with zero attached hydrogens (tertiary/aromatic N) is 3. The van der Waals surface area contributed by atoms with E-state index in [4.69, 9.17) is 21.1 Å². The molecule has 0 spiro atoms. The Labute approximate surface area is 173 Å². The Morgan fingerprint density at radius 2 is 1.72 bits per heavy atom. The molecule has 0 aliphatic rings. The summed E-state index contributed by atoms with van der Waals surface area (Å²) in [7, 11) is 0. The minimum Gasteiger partial charge on any atom is -0.355 e. The van der Waals surface area contributed by atoms with Crippen LogP contribution in [0.15, 0.2) is 83.4 Å². The van der Waals surface area contributed by atoms with Gasteiger partial charge in [0.15, 0.2) is 5.76 Å². The molecule has 0 aliphatic heterocycles. The van der Waals surface area contributed by atoms with Crippen molar-refractivity contribution in [2.45, 2.75) is 13.5 Å². The van der Waals surface area contributed by atoms with Crippen molar-refractivity contribution < 1.29 is 4.52 Å². The molecule has 4 nitrogen and oxygen atoms in total. The van der Waals surface area contributed by atoms with Gasteiger partial charge in [0.25, 0.3) is 0 Å². The van der Waals surface area contributed by atoms with Gasteiger partial charge < -0.3 is 9.09 Å². The van der Waals surface area contributed by atoms with E-state index in [0.717, 1.165) is 50.0 Å². The summed E-state index contributed by atoms with van der Waals surface area (Å²) in [6.07, 6.45) is 0. The molecular formula is C24H18ClN3O. The van der Waals surface area contributed by atoms with Gasteiger partial charge in [-0.15, -0.1) is 0 Å². The Hall–Kier alpha value is -3.37. The second-order valence-corrected chi connectivity index (χ2v) is 7.41. The van der Waals surface area contributed by atoms with Crippen molar-refractivity contribution in [3.05, 3.63) is 95.1 Å². The maximum Gasteiger partial charge on any atom is 0.178 e. The minimum atomic E-state index is 0.648. The molecule has 0 saturated carbocycles. The normalized spacial score (nSPS) is 11.2. The minimum absolute atomic E-state index is 0.648. The lowest BCUT2D eigenvalue weighted by molar-refractivity contribution is 0.427. The average Bonchev–Trinajstić information content (AvgIpc) is 3.29. The van der Waals surface area contributed by atoms with Crippen LogP contribution in [0, 0.1) is 6.92 Å². The van der Waals surface area contributed by atoms with Crippen LogP contribution in [0.25, 0.3) is 33.7 Å². The molecule has 5 rings (SSSR count). The second-order valence-electron chi connectivity index (χ2n) is 6.98. The number of hydrogen-bond donors (Lipinski definition) is 0. The van der Waals surface area contributed by atoms with Gasteiger partial charge in [0.1, 0.15) is 5.82 Å². The van der Waals surface area contributed by atoms with Gasteiger partial charge in [0, 0.05) is 17.1 Å². The first-order valence-corrected chi connectivity index (χ1v) is 9.80. The molecule has 0 unspecified atom stereocenters. The lowest BCUT2D eigenvalue weighted by atomic mass is 10.1. The van der Waals surface area contributed by atoms with Crippen molar-refractivity contribution in [1.29, 1.82) is 0 Å². The first kappa shape index (κ1) is 17.7. The van der Waals surface area contributed by atoms with Crippen molar-refractivity contribution in [1.82, 2.24) is 14.7 Å². The quantitative estimate of drug-likeness (QED) is 0.352. The lowest BCUT2D eigenvalue weighted by Gasteiger charge is -2.10. The fraction of sp³-hybridized carbons (Fsp3) is 0.0833. The summed E-state index contributed by atoms with van der Waals surface area (Å²) in [5.41, 5.74) is 5.80. The van der Waals surface area contributed by atoms with E-state index >= 15 is 0 Å². The SMILES string of the molecule is Cc1noc(-c2ccccc2)c1-c1nc2ccccc2n1Cc1cccc(Cl)c1. The smallest absolute Gasteiger partial charge is 0.178 e. The zero-order chi connectivity index (χ0) is 19.8. The van der Waals surface area contributed by atoms with Gasteiger partial charge >= 0.3 is 0 Å². The highest BCUT2D eigenvalue weighted by Gasteiger charge is 2.23. The fourth-order valence-corrected chi connectivity index (χ4v) is 3.88. The van der Waals surface area contributed by atoms with Crippen LogP contribution in [0.5, 0.6) is 0 Å². The molecule has 0 radical (unpaired) electrons. The molecule has 2 heterocycles. The van der Waals surface area contributed by atoms with E-state index in [1.54, 1.807) is 0 Å². The molecule has 5 heteroatoms. The standard InChI is InChI=1S/C24H18ClN3O/c1-16-22(23(29-27-16)18-9-3-2-4-10-18)24-26-20-12-5-6-13-21(20)28(24)15-17-8-7-11-19(25)14-17/h2-14H,15H2,1H3. The Balaban J connectivity index is 1.74. The van der Waals surface area contributed by atoms with Crippen molar-refractivity contribution in [3.63, 3.8) is 0 Å². The van der Waals surface area contributed by atoms with Gasteiger partial charge in [-0.1, -0.05) is 71.4 Å². The maximum atomic E-state index is 6.22. The van der Waals surface area contributed by atoms with Crippen LogP contribution < -0.4 is 0 Å². The number of hydrogen-bond acceptors (Lipinski definition) is 3. The van der Waals surface area contributed by atoms with Gasteiger partial charge in [-0.3, -0.25) is 0 Å². The van der Waals surface area contributed by atoms with Crippen LogP contribution in [0.2, 0.25) is 5.02 Å². The molecule has 0 atom stereocenters. The molecule has 0 N–H and O–H groups in total. The first-order chi connectivity index (χ1) is 14.2. The highest BCUT2D eigenvalue weighted by Crippen LogP contribution is 2.36. The van der Waals surface area contributed by atoms with E-state index < -0.39 is 0 Å². The predicted molar refractivity (Wildman–Crippen MR) is 116 cm³/mol. The lowest BCUT2D eigenvalue weighted by Crippen LogP contribution is -2.03. The third kappa shape index (κ3) is 3.22. The van der Waals surface area contributed by atoms with Crippen LogP contribution >= 0.6 is 11.6 Å². The van der Waals surface area contributed by atoms with Crippen LogP contribution in [-0.2, 0) is 6.54 Å². The third-order valence-corrected chi connectivity index (χ3v) is 5.24. The molecular weight excluding hydrogens is 382 g/mol. The molecule has 2 aromatic heterocycles. The van der Waals surface area contributed by atoms with E-state index in [1.165, 1.54) is 0 Å². The summed E-state index contributed by atoms with van der Waals surface area (Å²) in [5.74, 6) is 1.56. The van der Waals surface area contributed by atoms with E-state index in [-0.39, 0.29) is 0 Å². The Morgan fingerprint density at radius 1 is 0.931 bits per heavy atom.